The van der Waals surface area contributed by atoms with Gasteiger partial charge in [-0.3, -0.25) is 0 Å². The van der Waals surface area contributed by atoms with E-state index in [1.807, 2.05) is 6.92 Å². The van der Waals surface area contributed by atoms with Crippen molar-refractivity contribution in [1.82, 2.24) is 0 Å². The summed E-state index contributed by atoms with van der Waals surface area (Å²) < 4.78 is 10.5. The second kappa shape index (κ2) is 3.91. The largest absolute Gasteiger partial charge is 0.379 e. The van der Waals surface area contributed by atoms with E-state index in [9.17, 15) is 0 Å². The molecule has 2 atom stereocenters. The van der Waals surface area contributed by atoms with Crippen LogP contribution in [0.2, 0.25) is 0 Å². The molecule has 2 unspecified atom stereocenters. The summed E-state index contributed by atoms with van der Waals surface area (Å²) in [6, 6.07) is 0.175. The summed E-state index contributed by atoms with van der Waals surface area (Å²) in [6.45, 7) is 4.14. The van der Waals surface area contributed by atoms with Crippen LogP contribution in [0.4, 0.5) is 0 Å². The fraction of sp³-hybridized carbons (Fsp3) is 1.00. The van der Waals surface area contributed by atoms with E-state index in [4.69, 9.17) is 15.2 Å². The van der Waals surface area contributed by atoms with Crippen molar-refractivity contribution in [3.05, 3.63) is 0 Å². The van der Waals surface area contributed by atoms with Gasteiger partial charge in [0.05, 0.1) is 12.7 Å². The highest BCUT2D eigenvalue weighted by Gasteiger charge is 2.21. The van der Waals surface area contributed by atoms with Gasteiger partial charge in [-0.15, -0.1) is 0 Å². The summed E-state index contributed by atoms with van der Waals surface area (Å²) >= 11 is 0. The molecule has 3 nitrogen and oxygen atoms in total. The maximum atomic E-state index is 5.76. The summed E-state index contributed by atoms with van der Waals surface area (Å²) in [4.78, 5) is 0. The van der Waals surface area contributed by atoms with Gasteiger partial charge in [-0.25, -0.2) is 0 Å². The van der Waals surface area contributed by atoms with Crippen LogP contribution in [-0.4, -0.2) is 32.0 Å². The first-order chi connectivity index (χ1) is 4.84. The summed E-state index contributed by atoms with van der Waals surface area (Å²) in [7, 11) is 0. The molecule has 0 aromatic rings. The smallest absolute Gasteiger partial charge is 0.0959 e. The lowest BCUT2D eigenvalue weighted by Crippen LogP contribution is -2.44. The molecule has 0 amide bonds. The van der Waals surface area contributed by atoms with Gasteiger partial charge < -0.3 is 15.2 Å². The van der Waals surface area contributed by atoms with Crippen LogP contribution < -0.4 is 5.73 Å². The average Bonchev–Trinajstić information content (AvgIpc) is 1.94. The molecule has 10 heavy (non-hydrogen) atoms. The highest BCUT2D eigenvalue weighted by molar-refractivity contribution is 4.76. The number of ether oxygens (including phenoxy) is 2. The molecule has 1 saturated heterocycles. The lowest BCUT2D eigenvalue weighted by molar-refractivity contribution is -0.0571. The third-order valence-corrected chi connectivity index (χ3v) is 1.74. The molecule has 0 radical (unpaired) electrons. The van der Waals surface area contributed by atoms with Crippen LogP contribution in [0.5, 0.6) is 0 Å². The minimum atomic E-state index is 0.124. The molecule has 0 saturated carbocycles. The van der Waals surface area contributed by atoms with Crippen LogP contribution in [0.15, 0.2) is 0 Å². The molecule has 0 bridgehead atoms. The van der Waals surface area contributed by atoms with Crippen LogP contribution in [-0.2, 0) is 9.47 Å². The fourth-order valence-electron chi connectivity index (χ4n) is 1.11. The van der Waals surface area contributed by atoms with E-state index in [-0.39, 0.29) is 12.1 Å². The molecule has 2 N–H and O–H groups in total. The summed E-state index contributed by atoms with van der Waals surface area (Å²) in [5, 5.41) is 0. The van der Waals surface area contributed by atoms with Gasteiger partial charge in [-0.1, -0.05) is 0 Å². The van der Waals surface area contributed by atoms with Gasteiger partial charge in [0.15, 0.2) is 0 Å². The molecular weight excluding hydrogens is 130 g/mol. The molecule has 1 aliphatic rings. The molecular formula is C7H15NO2. The zero-order chi connectivity index (χ0) is 7.40. The van der Waals surface area contributed by atoms with Crippen molar-refractivity contribution < 1.29 is 9.47 Å². The number of hydrogen-bond acceptors (Lipinski definition) is 3. The Kier molecular flexibility index (Phi) is 3.12. The first-order valence-corrected chi connectivity index (χ1v) is 3.79. The Morgan fingerprint density at radius 1 is 1.70 bits per heavy atom. The number of hydrogen-bond donors (Lipinski definition) is 1. The van der Waals surface area contributed by atoms with Crippen molar-refractivity contribution >= 4 is 0 Å². The standard InChI is InChI=1S/C7H15NO2/c1-2-10-7-5-9-4-3-6(7)8/h6-7H,2-5,8H2,1H3. The van der Waals surface area contributed by atoms with E-state index < -0.39 is 0 Å². The van der Waals surface area contributed by atoms with E-state index in [2.05, 4.69) is 0 Å². The van der Waals surface area contributed by atoms with Gasteiger partial charge in [0, 0.05) is 19.3 Å². The highest BCUT2D eigenvalue weighted by atomic mass is 16.5. The van der Waals surface area contributed by atoms with Crippen LogP contribution in [0.25, 0.3) is 0 Å². The maximum absolute atomic E-state index is 5.76. The molecule has 3 heteroatoms. The van der Waals surface area contributed by atoms with Crippen molar-refractivity contribution in [3.8, 4) is 0 Å². The minimum absolute atomic E-state index is 0.124. The topological polar surface area (TPSA) is 44.5 Å². The predicted molar refractivity (Wildman–Crippen MR) is 38.8 cm³/mol. The molecule has 1 fully saturated rings. The van der Waals surface area contributed by atoms with Crippen molar-refractivity contribution in [2.45, 2.75) is 25.5 Å². The fourth-order valence-corrected chi connectivity index (χ4v) is 1.11. The Morgan fingerprint density at radius 3 is 3.10 bits per heavy atom. The molecule has 1 heterocycles. The van der Waals surface area contributed by atoms with Crippen LogP contribution >= 0.6 is 0 Å². The summed E-state index contributed by atoms with van der Waals surface area (Å²) in [5.41, 5.74) is 5.76. The quantitative estimate of drug-likeness (QED) is 0.601. The minimum Gasteiger partial charge on any atom is -0.379 e. The van der Waals surface area contributed by atoms with Crippen molar-refractivity contribution in [3.63, 3.8) is 0 Å². The zero-order valence-electron chi connectivity index (χ0n) is 6.38. The first kappa shape index (κ1) is 7.98. The van der Waals surface area contributed by atoms with E-state index in [0.717, 1.165) is 19.6 Å². The number of rotatable bonds is 2. The normalized spacial score (nSPS) is 34.2. The first-order valence-electron chi connectivity index (χ1n) is 3.79. The van der Waals surface area contributed by atoms with Gasteiger partial charge in [0.25, 0.3) is 0 Å². The lowest BCUT2D eigenvalue weighted by atomic mass is 10.1. The molecule has 1 aliphatic heterocycles. The Bertz CT molecular complexity index is 95.6. The Balaban J connectivity index is 2.25. The Labute approximate surface area is 61.5 Å². The average molecular weight is 145 g/mol. The molecule has 0 aromatic carbocycles. The van der Waals surface area contributed by atoms with E-state index in [1.165, 1.54) is 0 Å². The molecule has 0 aliphatic carbocycles. The third kappa shape index (κ3) is 1.94. The monoisotopic (exact) mass is 145 g/mol. The molecule has 1 rings (SSSR count). The summed E-state index contributed by atoms with van der Waals surface area (Å²) in [6.07, 6.45) is 1.05. The van der Waals surface area contributed by atoms with E-state index in [1.54, 1.807) is 0 Å². The Hall–Kier alpha value is -0.120. The van der Waals surface area contributed by atoms with Crippen molar-refractivity contribution in [1.29, 1.82) is 0 Å². The summed E-state index contributed by atoms with van der Waals surface area (Å²) in [5.74, 6) is 0. The van der Waals surface area contributed by atoms with Gasteiger partial charge in [0.1, 0.15) is 0 Å². The van der Waals surface area contributed by atoms with Gasteiger partial charge in [0.2, 0.25) is 0 Å². The van der Waals surface area contributed by atoms with Crippen LogP contribution in [0.1, 0.15) is 13.3 Å². The van der Waals surface area contributed by atoms with Crippen LogP contribution in [0.3, 0.4) is 0 Å². The maximum Gasteiger partial charge on any atom is 0.0959 e. The molecule has 0 aromatic heterocycles. The van der Waals surface area contributed by atoms with E-state index in [0.29, 0.717) is 6.61 Å². The second-order valence-corrected chi connectivity index (χ2v) is 2.52. The van der Waals surface area contributed by atoms with Gasteiger partial charge in [-0.2, -0.15) is 0 Å². The SMILES string of the molecule is CCOC1COCCC1N. The Morgan fingerprint density at radius 2 is 2.50 bits per heavy atom. The highest BCUT2D eigenvalue weighted by Crippen LogP contribution is 2.08. The third-order valence-electron chi connectivity index (χ3n) is 1.74. The molecule has 60 valence electrons. The second-order valence-electron chi connectivity index (χ2n) is 2.52. The zero-order valence-corrected chi connectivity index (χ0v) is 6.38. The number of nitrogens with two attached hydrogens (primary N) is 1. The lowest BCUT2D eigenvalue weighted by Gasteiger charge is -2.28. The van der Waals surface area contributed by atoms with Gasteiger partial charge >= 0.3 is 0 Å². The van der Waals surface area contributed by atoms with Crippen molar-refractivity contribution in [2.75, 3.05) is 19.8 Å². The molecule has 0 spiro atoms. The van der Waals surface area contributed by atoms with Crippen molar-refractivity contribution in [2.24, 2.45) is 5.73 Å². The van der Waals surface area contributed by atoms with Crippen LogP contribution in [0, 0.1) is 0 Å². The van der Waals surface area contributed by atoms with E-state index >= 15 is 0 Å². The predicted octanol–water partition coefficient (Wildman–Crippen LogP) is 0.139. The van der Waals surface area contributed by atoms with Gasteiger partial charge in [-0.05, 0) is 13.3 Å².